The van der Waals surface area contributed by atoms with Gasteiger partial charge in [0.1, 0.15) is 23.3 Å². The van der Waals surface area contributed by atoms with Crippen LogP contribution in [0.25, 0.3) is 0 Å². The third kappa shape index (κ3) is 12.2. The van der Waals surface area contributed by atoms with Gasteiger partial charge in [0.2, 0.25) is 0 Å². The number of ether oxygens (including phenoxy) is 2. The Morgan fingerprint density at radius 3 is 1.56 bits per heavy atom. The summed E-state index contributed by atoms with van der Waals surface area (Å²) in [6.45, 7) is 16.3. The zero-order valence-electron chi connectivity index (χ0n) is 29.4. The molecule has 0 spiro atoms. The molecule has 0 aliphatic heterocycles. The summed E-state index contributed by atoms with van der Waals surface area (Å²) in [5.41, 5.74) is 6.61. The normalized spacial score (nSPS) is 15.3. The van der Waals surface area contributed by atoms with Crippen LogP contribution in [0.4, 0.5) is 0 Å². The Labute approximate surface area is 285 Å². The first-order valence-electron chi connectivity index (χ1n) is 16.0. The summed E-state index contributed by atoms with van der Waals surface area (Å²) in [5.74, 6) is -2.12. The van der Waals surface area contributed by atoms with Crippen molar-refractivity contribution in [2.24, 2.45) is 17.6 Å². The smallest absolute Gasteiger partial charge is 0.323 e. The predicted molar refractivity (Wildman–Crippen MR) is 183 cm³/mol. The molecule has 270 valence electrons. The van der Waals surface area contributed by atoms with Gasteiger partial charge < -0.3 is 20.5 Å². The van der Waals surface area contributed by atoms with Crippen LogP contribution in [0, 0.1) is 25.7 Å². The monoisotopic (exact) mass is 712 g/mol. The van der Waals surface area contributed by atoms with Crippen molar-refractivity contribution in [2.75, 3.05) is 6.54 Å². The van der Waals surface area contributed by atoms with Crippen molar-refractivity contribution in [3.63, 3.8) is 0 Å². The van der Waals surface area contributed by atoms with E-state index in [0.29, 0.717) is 30.5 Å². The molecule has 0 aromatic heterocycles. The average molecular weight is 713 g/mol. The van der Waals surface area contributed by atoms with Gasteiger partial charge in [0.15, 0.2) is 0 Å². The molecule has 0 amide bonds. The fourth-order valence-electron chi connectivity index (χ4n) is 5.53. The van der Waals surface area contributed by atoms with Crippen LogP contribution in [0.2, 0.25) is 0 Å². The van der Waals surface area contributed by atoms with Crippen molar-refractivity contribution in [2.45, 2.75) is 121 Å². The quantitative estimate of drug-likeness (QED) is 0.132. The van der Waals surface area contributed by atoms with Crippen LogP contribution in [0.15, 0.2) is 46.2 Å². The van der Waals surface area contributed by atoms with Gasteiger partial charge in [-0.3, -0.25) is 18.7 Å². The van der Waals surface area contributed by atoms with Crippen LogP contribution in [0.1, 0.15) is 83.6 Å². The van der Waals surface area contributed by atoms with Crippen molar-refractivity contribution in [1.82, 2.24) is 5.32 Å². The average Bonchev–Trinajstić information content (AvgIpc) is 2.92. The number of likely N-dealkylation sites (N-methyl/N-ethyl adjacent to an activating group) is 1. The van der Waals surface area contributed by atoms with Crippen molar-refractivity contribution < 1.29 is 45.0 Å². The van der Waals surface area contributed by atoms with Gasteiger partial charge in [-0.05, 0) is 109 Å². The van der Waals surface area contributed by atoms with Gasteiger partial charge in [0.25, 0.3) is 20.2 Å². The second-order valence-electron chi connectivity index (χ2n) is 14.0. The van der Waals surface area contributed by atoms with Crippen LogP contribution in [0.5, 0.6) is 0 Å². The molecule has 2 aromatic rings. The molecule has 0 bridgehead atoms. The van der Waals surface area contributed by atoms with Crippen molar-refractivity contribution >= 4 is 32.2 Å². The van der Waals surface area contributed by atoms with E-state index < -0.39 is 67.3 Å². The minimum absolute atomic E-state index is 0.114. The molecule has 0 aliphatic rings. The highest BCUT2D eigenvalue weighted by molar-refractivity contribution is 7.86. The number of nitrogens with one attached hydrogen (secondary N) is 1. The summed E-state index contributed by atoms with van der Waals surface area (Å²) in [7, 11) is -8.92. The molecule has 0 heterocycles. The lowest BCUT2D eigenvalue weighted by molar-refractivity contribution is -0.167. The molecule has 12 nitrogen and oxygen atoms in total. The fourth-order valence-corrected chi connectivity index (χ4v) is 6.95. The minimum Gasteiger partial charge on any atom is -0.459 e. The SMILES string of the molecule is CCN[C@H](C(=O)OC(C)(C)CCC(C)(C)OC(=O)[C@@H](N)C(C)Cc1cc(C)ccc1S(=O)(=O)O)C(C)Cc1cc(C)ccc1S(=O)(=O)O. The van der Waals surface area contributed by atoms with Gasteiger partial charge in [-0.1, -0.05) is 56.2 Å². The Hall–Kier alpha value is -2.88. The topological polar surface area (TPSA) is 199 Å². The number of rotatable bonds is 17. The number of carbonyl (C=O) groups is 2. The largest absolute Gasteiger partial charge is 0.459 e. The molecular weight excluding hydrogens is 661 g/mol. The van der Waals surface area contributed by atoms with E-state index in [0.717, 1.165) is 11.1 Å². The minimum atomic E-state index is -4.47. The van der Waals surface area contributed by atoms with Gasteiger partial charge in [0.05, 0.1) is 9.79 Å². The Kier molecular flexibility index (Phi) is 14.0. The van der Waals surface area contributed by atoms with Gasteiger partial charge in [-0.2, -0.15) is 16.8 Å². The van der Waals surface area contributed by atoms with Gasteiger partial charge in [-0.25, -0.2) is 0 Å². The molecule has 48 heavy (non-hydrogen) atoms. The van der Waals surface area contributed by atoms with E-state index in [1.807, 2.05) is 6.92 Å². The summed E-state index contributed by atoms with van der Waals surface area (Å²) in [6, 6.07) is 7.28. The molecular formula is C34H52N2O10S2. The molecule has 0 fully saturated rings. The van der Waals surface area contributed by atoms with E-state index in [1.165, 1.54) is 12.1 Å². The summed E-state index contributed by atoms with van der Waals surface area (Å²) < 4.78 is 78.7. The Bertz CT molecular complexity index is 1670. The van der Waals surface area contributed by atoms with Crippen molar-refractivity contribution in [1.29, 1.82) is 0 Å². The maximum absolute atomic E-state index is 13.4. The molecule has 0 radical (unpaired) electrons. The number of esters is 2. The van der Waals surface area contributed by atoms with Crippen LogP contribution in [0.3, 0.4) is 0 Å². The highest BCUT2D eigenvalue weighted by atomic mass is 32.2. The van der Waals surface area contributed by atoms with E-state index in [1.54, 1.807) is 79.7 Å². The van der Waals surface area contributed by atoms with E-state index in [4.69, 9.17) is 15.2 Å². The van der Waals surface area contributed by atoms with Crippen molar-refractivity contribution in [3.05, 3.63) is 58.7 Å². The van der Waals surface area contributed by atoms with Crippen LogP contribution < -0.4 is 11.1 Å². The molecule has 2 rings (SSSR count). The lowest BCUT2D eigenvalue weighted by Crippen LogP contribution is -2.47. The summed E-state index contributed by atoms with van der Waals surface area (Å²) in [6.07, 6.45) is 0.936. The highest BCUT2D eigenvalue weighted by Gasteiger charge is 2.36. The molecule has 0 aliphatic carbocycles. The lowest BCUT2D eigenvalue weighted by atomic mass is 9.91. The Morgan fingerprint density at radius 1 is 0.771 bits per heavy atom. The second-order valence-corrected chi connectivity index (χ2v) is 16.7. The summed E-state index contributed by atoms with van der Waals surface area (Å²) >= 11 is 0. The standard InChI is InChI=1S/C34H52N2O10S2/c1-10-36-30(24(5)20-26-18-22(3)12-14-28(26)48(42,43)44)32(38)46-34(8,9)16-15-33(6,7)45-31(37)29(35)23(4)19-25-17-21(2)11-13-27(25)47(39,40)41/h11-14,17-18,23-24,29-30,36H,10,15-16,19-20,35H2,1-9H3,(H,39,40,41)(H,42,43,44)/t23?,24?,29-,30-/m0/s1. The first-order valence-corrected chi connectivity index (χ1v) is 18.8. The zero-order chi connectivity index (χ0) is 36.8. The summed E-state index contributed by atoms with van der Waals surface area (Å²) in [5, 5.41) is 3.13. The van der Waals surface area contributed by atoms with Crippen molar-refractivity contribution in [3.8, 4) is 0 Å². The van der Waals surface area contributed by atoms with Crippen LogP contribution in [-0.4, -0.2) is 67.7 Å². The number of carbonyl (C=O) groups excluding carboxylic acids is 2. The predicted octanol–water partition coefficient (Wildman–Crippen LogP) is 4.58. The first-order chi connectivity index (χ1) is 21.9. The van der Waals surface area contributed by atoms with E-state index in [2.05, 4.69) is 5.32 Å². The fraction of sp³-hybridized carbons (Fsp3) is 0.588. The van der Waals surface area contributed by atoms with Gasteiger partial charge in [0, 0.05) is 0 Å². The molecule has 5 N–H and O–H groups in total. The lowest BCUT2D eigenvalue weighted by Gasteiger charge is -2.34. The zero-order valence-corrected chi connectivity index (χ0v) is 31.0. The first kappa shape index (κ1) is 41.3. The third-order valence-electron chi connectivity index (χ3n) is 8.29. The van der Waals surface area contributed by atoms with Crippen LogP contribution in [-0.2, 0) is 52.1 Å². The number of benzene rings is 2. The Morgan fingerprint density at radius 2 is 1.17 bits per heavy atom. The maximum Gasteiger partial charge on any atom is 0.323 e. The highest BCUT2D eigenvalue weighted by Crippen LogP contribution is 2.29. The number of hydrogen-bond donors (Lipinski definition) is 4. The molecule has 2 aromatic carbocycles. The third-order valence-corrected chi connectivity index (χ3v) is 10.2. The second kappa shape index (κ2) is 16.2. The maximum atomic E-state index is 13.4. The van der Waals surface area contributed by atoms with E-state index >= 15 is 0 Å². The number of nitrogens with two attached hydrogens (primary N) is 1. The molecule has 0 saturated heterocycles. The van der Waals surface area contributed by atoms with E-state index in [9.17, 15) is 35.5 Å². The molecule has 0 saturated carbocycles. The number of hydrogen-bond acceptors (Lipinski definition) is 10. The number of aryl methyl sites for hydroxylation is 2. The summed E-state index contributed by atoms with van der Waals surface area (Å²) in [4.78, 5) is 26.1. The molecule has 4 atom stereocenters. The van der Waals surface area contributed by atoms with Crippen LogP contribution >= 0.6 is 0 Å². The van der Waals surface area contributed by atoms with Gasteiger partial charge in [-0.15, -0.1) is 0 Å². The van der Waals surface area contributed by atoms with Gasteiger partial charge >= 0.3 is 11.9 Å². The molecule has 14 heteroatoms. The molecule has 2 unspecified atom stereocenters. The van der Waals surface area contributed by atoms with E-state index in [-0.39, 0.29) is 22.6 Å². The Balaban J connectivity index is 2.07.